The van der Waals surface area contributed by atoms with Crippen molar-refractivity contribution >= 4 is 34.9 Å². The van der Waals surface area contributed by atoms with Crippen LogP contribution < -0.4 is 10.1 Å². The van der Waals surface area contributed by atoms with Gasteiger partial charge in [-0.3, -0.25) is 9.48 Å². The second-order valence-corrected chi connectivity index (χ2v) is 7.87. The van der Waals surface area contributed by atoms with Crippen molar-refractivity contribution in [2.45, 2.75) is 20.2 Å². The number of nitrogens with zero attached hydrogens (tertiary/aromatic N) is 4. The highest BCUT2D eigenvalue weighted by Gasteiger charge is 2.15. The molecule has 2 aromatic carbocycles. The fourth-order valence-corrected chi connectivity index (χ4v) is 3.45. The number of amides is 1. The van der Waals surface area contributed by atoms with Crippen LogP contribution in [0.15, 0.2) is 60.9 Å². The number of aromatic nitrogens is 4. The largest absolute Gasteiger partial charge is 0.471 e. The fourth-order valence-electron chi connectivity index (χ4n) is 3.02. The molecule has 0 aliphatic heterocycles. The number of rotatable bonds is 7. The lowest BCUT2D eigenvalue weighted by Crippen LogP contribution is -2.15. The van der Waals surface area contributed by atoms with Crippen molar-refractivity contribution in [2.24, 2.45) is 0 Å². The number of halogens is 3. The lowest BCUT2D eigenvalue weighted by molar-refractivity contribution is 0.101. The summed E-state index contributed by atoms with van der Waals surface area (Å²) in [6.07, 6.45) is 3.19. The maximum atomic E-state index is 13.4. The summed E-state index contributed by atoms with van der Waals surface area (Å²) in [6, 6.07) is 13.0. The molecule has 0 atom stereocenters. The first-order valence-electron chi connectivity index (χ1n) is 9.58. The molecule has 0 unspecified atom stereocenters. The number of benzene rings is 2. The van der Waals surface area contributed by atoms with Crippen LogP contribution >= 0.6 is 23.2 Å². The normalized spacial score (nSPS) is 10.9. The van der Waals surface area contributed by atoms with Gasteiger partial charge in [0.05, 0.1) is 6.54 Å². The second kappa shape index (κ2) is 9.42. The average molecular weight is 474 g/mol. The number of carbonyl (C=O) groups excluding carboxylic acids is 1. The van der Waals surface area contributed by atoms with E-state index in [0.717, 1.165) is 11.1 Å². The van der Waals surface area contributed by atoms with Gasteiger partial charge < -0.3 is 10.1 Å². The van der Waals surface area contributed by atoms with Crippen molar-refractivity contribution in [1.29, 1.82) is 0 Å². The number of ether oxygens (including phenoxy) is 1. The Morgan fingerprint density at radius 2 is 1.97 bits per heavy atom. The highest BCUT2D eigenvalue weighted by molar-refractivity contribution is 6.33. The maximum absolute atomic E-state index is 13.4. The molecule has 0 radical (unpaired) electrons. The molecule has 32 heavy (non-hydrogen) atoms. The van der Waals surface area contributed by atoms with Gasteiger partial charge in [-0.2, -0.15) is 10.2 Å². The molecular weight excluding hydrogens is 456 g/mol. The van der Waals surface area contributed by atoms with Crippen LogP contribution in [0.5, 0.6) is 5.75 Å². The van der Waals surface area contributed by atoms with E-state index in [1.54, 1.807) is 48.8 Å². The summed E-state index contributed by atoms with van der Waals surface area (Å²) in [5.74, 6) is 0.0616. The van der Waals surface area contributed by atoms with E-state index < -0.39 is 5.91 Å². The summed E-state index contributed by atoms with van der Waals surface area (Å²) < 4.78 is 22.1. The van der Waals surface area contributed by atoms with E-state index in [4.69, 9.17) is 27.9 Å². The Hall–Kier alpha value is -3.36. The molecule has 2 heterocycles. The summed E-state index contributed by atoms with van der Waals surface area (Å²) in [5.41, 5.74) is 1.79. The Bertz CT molecular complexity index is 1270. The molecule has 0 saturated carbocycles. The van der Waals surface area contributed by atoms with Crippen LogP contribution in [0.2, 0.25) is 10.0 Å². The Kier molecular flexibility index (Phi) is 6.43. The van der Waals surface area contributed by atoms with E-state index >= 15 is 0 Å². The monoisotopic (exact) mass is 473 g/mol. The zero-order valence-electron chi connectivity index (χ0n) is 16.9. The molecule has 164 valence electrons. The van der Waals surface area contributed by atoms with E-state index in [1.807, 2.05) is 6.92 Å². The van der Waals surface area contributed by atoms with Crippen molar-refractivity contribution in [1.82, 2.24) is 19.6 Å². The lowest BCUT2D eigenvalue weighted by Gasteiger charge is -2.09. The lowest BCUT2D eigenvalue weighted by atomic mass is 10.2. The van der Waals surface area contributed by atoms with Crippen LogP contribution in [0.3, 0.4) is 0 Å². The van der Waals surface area contributed by atoms with Crippen molar-refractivity contribution in [2.75, 3.05) is 5.32 Å². The molecule has 10 heteroatoms. The molecule has 4 aromatic rings. The van der Waals surface area contributed by atoms with Gasteiger partial charge >= 0.3 is 0 Å². The zero-order chi connectivity index (χ0) is 22.7. The molecule has 1 amide bonds. The van der Waals surface area contributed by atoms with Gasteiger partial charge in [0.2, 0.25) is 0 Å². The first kappa shape index (κ1) is 21.9. The third-order valence-corrected chi connectivity index (χ3v) is 5.06. The van der Waals surface area contributed by atoms with E-state index in [9.17, 15) is 9.18 Å². The van der Waals surface area contributed by atoms with Crippen molar-refractivity contribution in [3.63, 3.8) is 0 Å². The minimum Gasteiger partial charge on any atom is -0.471 e. The van der Waals surface area contributed by atoms with E-state index in [0.29, 0.717) is 17.3 Å². The summed E-state index contributed by atoms with van der Waals surface area (Å²) in [5, 5.41) is 12.0. The average Bonchev–Trinajstić information content (AvgIpc) is 3.34. The molecule has 0 spiro atoms. The predicted octanol–water partition coefficient (Wildman–Crippen LogP) is 5.17. The zero-order valence-corrected chi connectivity index (χ0v) is 18.4. The molecule has 7 nitrogen and oxygen atoms in total. The molecule has 0 aliphatic carbocycles. The molecule has 0 saturated heterocycles. The number of hydrogen-bond acceptors (Lipinski definition) is 4. The van der Waals surface area contributed by atoms with Gasteiger partial charge in [-0.25, -0.2) is 9.07 Å². The highest BCUT2D eigenvalue weighted by atomic mass is 35.5. The smallest absolute Gasteiger partial charge is 0.277 e. The second-order valence-electron chi connectivity index (χ2n) is 7.03. The fraction of sp³-hybridized carbons (Fsp3) is 0.136. The Labute approximate surface area is 193 Å². The van der Waals surface area contributed by atoms with Crippen LogP contribution in [0.25, 0.3) is 0 Å². The van der Waals surface area contributed by atoms with Crippen molar-refractivity contribution in [3.05, 3.63) is 93.6 Å². The molecule has 0 aliphatic rings. The summed E-state index contributed by atoms with van der Waals surface area (Å²) >= 11 is 12.1. The van der Waals surface area contributed by atoms with Crippen LogP contribution in [0.1, 0.15) is 21.6 Å². The number of carbonyl (C=O) groups is 1. The van der Waals surface area contributed by atoms with Gasteiger partial charge in [0.1, 0.15) is 16.6 Å². The standard InChI is InChI=1S/C22H18Cl2FN5O2/c1-14-9-16(23)5-6-20(14)32-13-29-8-7-19(27-29)22(31)26-21-18(24)12-30(28-21)11-15-3-2-4-17(25)10-15/h2-10,12H,11,13H2,1H3,(H,26,28,31). The van der Waals surface area contributed by atoms with Crippen LogP contribution in [-0.4, -0.2) is 25.5 Å². The molecule has 2 aromatic heterocycles. The first-order valence-corrected chi connectivity index (χ1v) is 10.3. The number of nitrogens with one attached hydrogen (secondary N) is 1. The summed E-state index contributed by atoms with van der Waals surface area (Å²) in [7, 11) is 0. The number of hydrogen-bond donors (Lipinski definition) is 1. The minimum atomic E-state index is -0.468. The van der Waals surface area contributed by atoms with Crippen molar-refractivity contribution < 1.29 is 13.9 Å². The quantitative estimate of drug-likeness (QED) is 0.401. The van der Waals surface area contributed by atoms with Crippen LogP contribution in [0, 0.1) is 12.7 Å². The van der Waals surface area contributed by atoms with Crippen molar-refractivity contribution in [3.8, 4) is 5.75 Å². The predicted molar refractivity (Wildman–Crippen MR) is 120 cm³/mol. The third-order valence-electron chi connectivity index (χ3n) is 4.55. The Balaban J connectivity index is 1.38. The van der Waals surface area contributed by atoms with Gasteiger partial charge in [0.25, 0.3) is 5.91 Å². The Morgan fingerprint density at radius 3 is 2.75 bits per heavy atom. The Morgan fingerprint density at radius 1 is 1.12 bits per heavy atom. The van der Waals surface area contributed by atoms with Crippen LogP contribution in [-0.2, 0) is 13.3 Å². The van der Waals surface area contributed by atoms with E-state index in [2.05, 4.69) is 15.5 Å². The maximum Gasteiger partial charge on any atom is 0.277 e. The highest BCUT2D eigenvalue weighted by Crippen LogP contribution is 2.23. The molecular formula is C22H18Cl2FN5O2. The molecule has 1 N–H and O–H groups in total. The SMILES string of the molecule is Cc1cc(Cl)ccc1OCn1ccc(C(=O)Nc2nn(Cc3cccc(F)c3)cc2Cl)n1. The number of anilines is 1. The van der Waals surface area contributed by atoms with Crippen LogP contribution in [0.4, 0.5) is 10.2 Å². The summed E-state index contributed by atoms with van der Waals surface area (Å²) in [4.78, 5) is 12.6. The third kappa shape index (κ3) is 5.27. The molecule has 0 fully saturated rings. The van der Waals surface area contributed by atoms with E-state index in [-0.39, 0.29) is 29.1 Å². The van der Waals surface area contributed by atoms with E-state index in [1.165, 1.54) is 21.5 Å². The van der Waals surface area contributed by atoms with Gasteiger partial charge in [-0.05, 0) is 54.4 Å². The number of aryl methyl sites for hydroxylation is 1. The first-order chi connectivity index (χ1) is 15.4. The van der Waals surface area contributed by atoms with Gasteiger partial charge in [0, 0.05) is 17.4 Å². The molecule has 4 rings (SSSR count). The van der Waals surface area contributed by atoms with Gasteiger partial charge in [-0.15, -0.1) is 0 Å². The summed E-state index contributed by atoms with van der Waals surface area (Å²) in [6.45, 7) is 2.32. The molecule has 0 bridgehead atoms. The van der Waals surface area contributed by atoms with Gasteiger partial charge in [-0.1, -0.05) is 35.3 Å². The van der Waals surface area contributed by atoms with Gasteiger partial charge in [0.15, 0.2) is 18.2 Å². The minimum absolute atomic E-state index is 0.124. The topological polar surface area (TPSA) is 74.0 Å².